The number of ether oxygens (including phenoxy) is 2. The molecule has 1 fully saturated rings. The van der Waals surface area contributed by atoms with Gasteiger partial charge >= 0.3 is 6.09 Å². The molecule has 0 saturated heterocycles. The molecule has 28 heavy (non-hydrogen) atoms. The molecule has 2 aromatic heterocycles. The van der Waals surface area contributed by atoms with Gasteiger partial charge in [-0.15, -0.1) is 0 Å². The predicted molar refractivity (Wildman–Crippen MR) is 105 cm³/mol. The third kappa shape index (κ3) is 4.01. The molecule has 0 unspecified atom stereocenters. The number of hydrogen-bond donors (Lipinski definition) is 1. The van der Waals surface area contributed by atoms with Crippen LogP contribution in [0.2, 0.25) is 0 Å². The van der Waals surface area contributed by atoms with Gasteiger partial charge in [-0.05, 0) is 49.2 Å². The quantitative estimate of drug-likeness (QED) is 0.673. The summed E-state index contributed by atoms with van der Waals surface area (Å²) in [4.78, 5) is 16.5. The van der Waals surface area contributed by atoms with E-state index in [0.29, 0.717) is 11.5 Å². The van der Waals surface area contributed by atoms with Crippen molar-refractivity contribution in [2.45, 2.75) is 31.7 Å². The normalized spacial score (nSPS) is 14.0. The molecule has 0 radical (unpaired) electrons. The van der Waals surface area contributed by atoms with Crippen LogP contribution in [0.25, 0.3) is 22.5 Å². The highest BCUT2D eigenvalue weighted by Gasteiger charge is 2.19. The molecule has 3 aromatic rings. The van der Waals surface area contributed by atoms with Crippen molar-refractivity contribution in [3.8, 4) is 33.9 Å². The van der Waals surface area contributed by atoms with E-state index >= 15 is 0 Å². The molecule has 1 aromatic carbocycles. The minimum absolute atomic E-state index is 0.208. The number of rotatable bonds is 5. The molecule has 4 rings (SSSR count). The molecule has 0 atom stereocenters. The van der Waals surface area contributed by atoms with Crippen LogP contribution in [0.3, 0.4) is 0 Å². The van der Waals surface area contributed by atoms with E-state index in [1.54, 1.807) is 44.0 Å². The van der Waals surface area contributed by atoms with Gasteiger partial charge in [-0.2, -0.15) is 0 Å². The van der Waals surface area contributed by atoms with Crippen molar-refractivity contribution in [3.63, 3.8) is 0 Å². The Hall–Kier alpha value is -3.28. The maximum atomic E-state index is 12.2. The average molecular weight is 378 g/mol. The first-order chi connectivity index (χ1) is 13.7. The number of benzene rings is 1. The molecule has 6 heteroatoms. The SMILES string of the molecule is COc1ccc(OC(=O)NC2CCCC2)cc1-c1cncc(-c2ccco2)c1. The maximum Gasteiger partial charge on any atom is 0.412 e. The number of methoxy groups -OCH3 is 1. The van der Waals surface area contributed by atoms with Gasteiger partial charge in [0.25, 0.3) is 0 Å². The third-order valence-corrected chi connectivity index (χ3v) is 4.91. The Morgan fingerprint density at radius 2 is 1.96 bits per heavy atom. The van der Waals surface area contributed by atoms with Gasteiger partial charge in [0.05, 0.1) is 13.4 Å². The monoisotopic (exact) mass is 378 g/mol. The number of amides is 1. The zero-order valence-corrected chi connectivity index (χ0v) is 15.7. The molecule has 1 N–H and O–H groups in total. The summed E-state index contributed by atoms with van der Waals surface area (Å²) in [5, 5.41) is 2.93. The number of hydrogen-bond acceptors (Lipinski definition) is 5. The maximum absolute atomic E-state index is 12.2. The van der Waals surface area contributed by atoms with E-state index in [0.717, 1.165) is 48.1 Å². The van der Waals surface area contributed by atoms with Crippen molar-refractivity contribution in [3.05, 3.63) is 55.1 Å². The minimum atomic E-state index is -0.425. The number of nitrogens with zero attached hydrogens (tertiary/aromatic N) is 1. The summed E-state index contributed by atoms with van der Waals surface area (Å²) in [5.41, 5.74) is 2.48. The molecule has 6 nitrogen and oxygen atoms in total. The lowest BCUT2D eigenvalue weighted by atomic mass is 10.0. The van der Waals surface area contributed by atoms with E-state index in [9.17, 15) is 4.79 Å². The fraction of sp³-hybridized carbons (Fsp3) is 0.273. The van der Waals surface area contributed by atoms with Crippen LogP contribution in [0.4, 0.5) is 4.79 Å². The summed E-state index contributed by atoms with van der Waals surface area (Å²) in [6.45, 7) is 0. The molecule has 144 valence electrons. The summed E-state index contributed by atoms with van der Waals surface area (Å²) in [6.07, 6.45) is 9.00. The van der Waals surface area contributed by atoms with E-state index in [1.807, 2.05) is 18.2 Å². The second-order valence-corrected chi connectivity index (χ2v) is 6.82. The molecule has 1 aliphatic rings. The zero-order valence-electron chi connectivity index (χ0n) is 15.7. The van der Waals surface area contributed by atoms with Crippen molar-refractivity contribution in [2.24, 2.45) is 0 Å². The lowest BCUT2D eigenvalue weighted by molar-refractivity contribution is 0.196. The Labute approximate surface area is 163 Å². The van der Waals surface area contributed by atoms with E-state index in [2.05, 4.69) is 10.3 Å². The van der Waals surface area contributed by atoms with Crippen LogP contribution in [-0.2, 0) is 0 Å². The Balaban J connectivity index is 1.58. The van der Waals surface area contributed by atoms with Crippen LogP contribution in [0, 0.1) is 0 Å². The standard InChI is InChI=1S/C22H22N2O4/c1-26-21-9-8-18(28-22(25)24-17-5-2-3-6-17)12-19(21)15-11-16(14-23-13-15)20-7-4-10-27-20/h4,7-14,17H,2-3,5-6H2,1H3,(H,24,25). The smallest absolute Gasteiger partial charge is 0.412 e. The highest BCUT2D eigenvalue weighted by molar-refractivity contribution is 5.77. The summed E-state index contributed by atoms with van der Waals surface area (Å²) in [7, 11) is 1.61. The van der Waals surface area contributed by atoms with Crippen LogP contribution in [0.15, 0.2) is 59.5 Å². The fourth-order valence-electron chi connectivity index (χ4n) is 3.51. The van der Waals surface area contributed by atoms with Gasteiger partial charge in [0, 0.05) is 35.1 Å². The van der Waals surface area contributed by atoms with Crippen LogP contribution in [-0.4, -0.2) is 24.2 Å². The Kier molecular flexibility index (Phi) is 5.28. The lowest BCUT2D eigenvalue weighted by Crippen LogP contribution is -2.34. The first kappa shape index (κ1) is 18.1. The van der Waals surface area contributed by atoms with Gasteiger partial charge in [0.15, 0.2) is 0 Å². The molecule has 0 spiro atoms. The van der Waals surface area contributed by atoms with Crippen LogP contribution in [0.1, 0.15) is 25.7 Å². The molecule has 1 aliphatic carbocycles. The summed E-state index contributed by atoms with van der Waals surface area (Å²) in [6, 6.07) is 11.2. The molecule has 1 saturated carbocycles. The van der Waals surface area contributed by atoms with Crippen LogP contribution >= 0.6 is 0 Å². The largest absolute Gasteiger partial charge is 0.496 e. The number of carbonyl (C=O) groups excluding carboxylic acids is 1. The number of carbonyl (C=O) groups is 1. The van der Waals surface area contributed by atoms with Gasteiger partial charge in [-0.1, -0.05) is 12.8 Å². The number of nitrogens with one attached hydrogen (secondary N) is 1. The predicted octanol–water partition coefficient (Wildman–Crippen LogP) is 5.05. The van der Waals surface area contributed by atoms with Crippen molar-refractivity contribution in [1.82, 2.24) is 10.3 Å². The topological polar surface area (TPSA) is 73.6 Å². The summed E-state index contributed by atoms with van der Waals surface area (Å²) >= 11 is 0. The van der Waals surface area contributed by atoms with Gasteiger partial charge in [0.1, 0.15) is 17.3 Å². The van der Waals surface area contributed by atoms with Gasteiger partial charge in [-0.3, -0.25) is 4.98 Å². The van der Waals surface area contributed by atoms with Crippen LogP contribution < -0.4 is 14.8 Å². The highest BCUT2D eigenvalue weighted by atomic mass is 16.6. The van der Waals surface area contributed by atoms with Gasteiger partial charge < -0.3 is 19.2 Å². The van der Waals surface area contributed by atoms with Crippen molar-refractivity contribution in [2.75, 3.05) is 7.11 Å². The average Bonchev–Trinajstić information content (AvgIpc) is 3.42. The first-order valence-electron chi connectivity index (χ1n) is 9.38. The van der Waals surface area contributed by atoms with E-state index in [-0.39, 0.29) is 6.04 Å². The third-order valence-electron chi connectivity index (χ3n) is 4.91. The Morgan fingerprint density at radius 1 is 1.14 bits per heavy atom. The number of furan rings is 1. The summed E-state index contributed by atoms with van der Waals surface area (Å²) in [5.74, 6) is 1.85. The Bertz CT molecular complexity index is 947. The van der Waals surface area contributed by atoms with Crippen molar-refractivity contribution in [1.29, 1.82) is 0 Å². The fourth-order valence-corrected chi connectivity index (χ4v) is 3.51. The van der Waals surface area contributed by atoms with Gasteiger partial charge in [0.2, 0.25) is 0 Å². The molecule has 1 amide bonds. The molecular formula is C22H22N2O4. The van der Waals surface area contributed by atoms with Crippen LogP contribution in [0.5, 0.6) is 11.5 Å². The van der Waals surface area contributed by atoms with Gasteiger partial charge in [-0.25, -0.2) is 4.79 Å². The van der Waals surface area contributed by atoms with E-state index < -0.39 is 6.09 Å². The van der Waals surface area contributed by atoms with E-state index in [4.69, 9.17) is 13.9 Å². The second-order valence-electron chi connectivity index (χ2n) is 6.82. The number of pyridine rings is 1. The molecular weight excluding hydrogens is 356 g/mol. The van der Waals surface area contributed by atoms with Crippen molar-refractivity contribution >= 4 is 6.09 Å². The van der Waals surface area contributed by atoms with E-state index in [1.165, 1.54) is 0 Å². The summed E-state index contributed by atoms with van der Waals surface area (Å²) < 4.78 is 16.4. The minimum Gasteiger partial charge on any atom is -0.496 e. The molecule has 0 bridgehead atoms. The molecule has 0 aliphatic heterocycles. The highest BCUT2D eigenvalue weighted by Crippen LogP contribution is 2.35. The lowest BCUT2D eigenvalue weighted by Gasteiger charge is -2.14. The van der Waals surface area contributed by atoms with Crippen molar-refractivity contribution < 1.29 is 18.7 Å². The second kappa shape index (κ2) is 8.17. The molecule has 2 heterocycles. The Morgan fingerprint density at radius 3 is 2.71 bits per heavy atom. The first-order valence-corrected chi connectivity index (χ1v) is 9.38. The number of aromatic nitrogens is 1. The zero-order chi connectivity index (χ0) is 19.3.